The van der Waals surface area contributed by atoms with Crippen molar-refractivity contribution in [3.63, 3.8) is 0 Å². The van der Waals surface area contributed by atoms with E-state index in [2.05, 4.69) is 19.9 Å². The van der Waals surface area contributed by atoms with Crippen molar-refractivity contribution in [3.8, 4) is 11.1 Å². The molecule has 4 heteroatoms. The molecular weight excluding hydrogens is 282 g/mol. The van der Waals surface area contributed by atoms with Crippen LogP contribution < -0.4 is 5.73 Å². The number of hydrogen-bond acceptors (Lipinski definition) is 2. The second-order valence-electron chi connectivity index (χ2n) is 6.71. The number of hydrogen-bond donors (Lipinski definition) is 1. The summed E-state index contributed by atoms with van der Waals surface area (Å²) in [6, 6.07) is 7.88. The zero-order valence-corrected chi connectivity index (χ0v) is 13.6. The third kappa shape index (κ3) is 2.44. The highest BCUT2D eigenvalue weighted by atomic mass is 35.5. The van der Waals surface area contributed by atoms with Crippen LogP contribution in [0.15, 0.2) is 24.3 Å². The first-order valence-electron chi connectivity index (χ1n) is 7.48. The van der Waals surface area contributed by atoms with Crippen molar-refractivity contribution in [2.75, 3.05) is 5.73 Å². The Morgan fingerprint density at radius 1 is 1.38 bits per heavy atom. The fourth-order valence-corrected chi connectivity index (χ4v) is 3.77. The van der Waals surface area contributed by atoms with E-state index in [1.165, 1.54) is 19.3 Å². The first kappa shape index (κ1) is 14.5. The van der Waals surface area contributed by atoms with Crippen molar-refractivity contribution in [1.29, 1.82) is 0 Å². The van der Waals surface area contributed by atoms with E-state index in [1.54, 1.807) is 4.68 Å². The quantitative estimate of drug-likeness (QED) is 0.880. The van der Waals surface area contributed by atoms with Crippen LogP contribution in [0.3, 0.4) is 0 Å². The molecule has 3 rings (SSSR count). The molecule has 1 atom stereocenters. The lowest BCUT2D eigenvalue weighted by Gasteiger charge is -2.26. The van der Waals surface area contributed by atoms with Gasteiger partial charge in [0.05, 0.1) is 5.69 Å². The van der Waals surface area contributed by atoms with Gasteiger partial charge in [0.1, 0.15) is 5.82 Å². The topological polar surface area (TPSA) is 43.8 Å². The molecule has 1 heterocycles. The zero-order chi connectivity index (χ0) is 15.2. The number of aromatic nitrogens is 2. The van der Waals surface area contributed by atoms with Gasteiger partial charge in [0.2, 0.25) is 0 Å². The Labute approximate surface area is 131 Å². The largest absolute Gasteiger partial charge is 0.383 e. The number of benzene rings is 1. The number of aryl methyl sites for hydroxylation is 1. The molecule has 0 saturated heterocycles. The molecule has 1 aliphatic carbocycles. The summed E-state index contributed by atoms with van der Waals surface area (Å²) in [4.78, 5) is 0. The van der Waals surface area contributed by atoms with Crippen LogP contribution in [0.1, 0.15) is 44.7 Å². The van der Waals surface area contributed by atoms with Gasteiger partial charge in [-0.2, -0.15) is 5.10 Å². The number of nitrogens with zero attached hydrogens (tertiary/aromatic N) is 2. The summed E-state index contributed by atoms with van der Waals surface area (Å²) in [5, 5.41) is 5.47. The minimum Gasteiger partial charge on any atom is -0.383 e. The van der Waals surface area contributed by atoms with Crippen molar-refractivity contribution in [2.45, 2.75) is 39.0 Å². The van der Waals surface area contributed by atoms with Crippen molar-refractivity contribution in [2.24, 2.45) is 12.5 Å². The number of nitrogens with two attached hydrogens (primary N) is 1. The van der Waals surface area contributed by atoms with Crippen LogP contribution >= 0.6 is 11.6 Å². The molecule has 1 aromatic carbocycles. The Hall–Kier alpha value is -1.48. The molecular formula is C17H22ClN3. The molecule has 112 valence electrons. The Morgan fingerprint density at radius 2 is 2.14 bits per heavy atom. The van der Waals surface area contributed by atoms with Gasteiger partial charge in [0.15, 0.2) is 0 Å². The van der Waals surface area contributed by atoms with E-state index in [-0.39, 0.29) is 5.41 Å². The van der Waals surface area contributed by atoms with Gasteiger partial charge in [-0.05, 0) is 36.0 Å². The van der Waals surface area contributed by atoms with E-state index in [1.807, 2.05) is 25.2 Å². The SMILES string of the molecule is Cn1nc(C2CCCC2(C)C)c(-c2cccc(Cl)c2)c1N. The van der Waals surface area contributed by atoms with Crippen molar-refractivity contribution < 1.29 is 0 Å². The first-order valence-corrected chi connectivity index (χ1v) is 7.86. The average molecular weight is 304 g/mol. The Bertz CT molecular complexity index is 673. The minimum atomic E-state index is 0.272. The smallest absolute Gasteiger partial charge is 0.129 e. The lowest BCUT2D eigenvalue weighted by molar-refractivity contribution is 0.326. The Kier molecular flexibility index (Phi) is 3.48. The highest BCUT2D eigenvalue weighted by Gasteiger charge is 2.39. The number of halogens is 1. The van der Waals surface area contributed by atoms with Crippen molar-refractivity contribution in [1.82, 2.24) is 9.78 Å². The van der Waals surface area contributed by atoms with Crippen LogP contribution in [0.4, 0.5) is 5.82 Å². The molecule has 1 aliphatic rings. The van der Waals surface area contributed by atoms with Gasteiger partial charge in [0, 0.05) is 23.6 Å². The van der Waals surface area contributed by atoms with Crippen molar-refractivity contribution >= 4 is 17.4 Å². The van der Waals surface area contributed by atoms with E-state index in [9.17, 15) is 0 Å². The molecule has 3 nitrogen and oxygen atoms in total. The maximum absolute atomic E-state index is 6.30. The maximum Gasteiger partial charge on any atom is 0.129 e. The number of rotatable bonds is 2. The summed E-state index contributed by atoms with van der Waals surface area (Å²) in [5.41, 5.74) is 9.81. The highest BCUT2D eigenvalue weighted by Crippen LogP contribution is 2.51. The molecule has 0 bridgehead atoms. The maximum atomic E-state index is 6.30. The molecule has 1 unspecified atom stereocenters. The second kappa shape index (κ2) is 5.06. The molecule has 1 fully saturated rings. The molecule has 0 amide bonds. The molecule has 0 spiro atoms. The molecule has 2 N–H and O–H groups in total. The second-order valence-corrected chi connectivity index (χ2v) is 7.15. The normalized spacial score (nSPS) is 20.9. The third-order valence-corrected chi connectivity index (χ3v) is 5.05. The lowest BCUT2D eigenvalue weighted by atomic mass is 9.78. The molecule has 2 aromatic rings. The van der Waals surface area contributed by atoms with Crippen LogP contribution in [0.2, 0.25) is 5.02 Å². The summed E-state index contributed by atoms with van der Waals surface area (Å²) in [7, 11) is 1.91. The summed E-state index contributed by atoms with van der Waals surface area (Å²) < 4.78 is 1.79. The van der Waals surface area contributed by atoms with Gasteiger partial charge >= 0.3 is 0 Å². The van der Waals surface area contributed by atoms with Gasteiger partial charge in [0.25, 0.3) is 0 Å². The molecule has 0 radical (unpaired) electrons. The van der Waals surface area contributed by atoms with Crippen LogP contribution in [-0.2, 0) is 7.05 Å². The van der Waals surface area contributed by atoms with Crippen LogP contribution in [0.5, 0.6) is 0 Å². The predicted molar refractivity (Wildman–Crippen MR) is 88.4 cm³/mol. The van der Waals surface area contributed by atoms with Gasteiger partial charge in [-0.25, -0.2) is 0 Å². The minimum absolute atomic E-state index is 0.272. The van der Waals surface area contributed by atoms with Gasteiger partial charge < -0.3 is 5.73 Å². The molecule has 21 heavy (non-hydrogen) atoms. The monoisotopic (exact) mass is 303 g/mol. The van der Waals surface area contributed by atoms with Gasteiger partial charge in [-0.1, -0.05) is 44.0 Å². The van der Waals surface area contributed by atoms with E-state index in [4.69, 9.17) is 22.4 Å². The predicted octanol–water partition coefficient (Wildman–Crippen LogP) is 4.62. The van der Waals surface area contributed by atoms with Gasteiger partial charge in [-0.3, -0.25) is 4.68 Å². The molecule has 1 saturated carbocycles. The van der Waals surface area contributed by atoms with Crippen LogP contribution in [0, 0.1) is 5.41 Å². The van der Waals surface area contributed by atoms with E-state index in [0.717, 1.165) is 27.7 Å². The first-order chi connectivity index (χ1) is 9.90. The van der Waals surface area contributed by atoms with E-state index in [0.29, 0.717) is 5.92 Å². The Morgan fingerprint density at radius 3 is 2.76 bits per heavy atom. The molecule has 1 aromatic heterocycles. The number of nitrogen functional groups attached to an aromatic ring is 1. The average Bonchev–Trinajstić information content (AvgIpc) is 2.90. The highest BCUT2D eigenvalue weighted by molar-refractivity contribution is 6.30. The number of anilines is 1. The summed E-state index contributed by atoms with van der Waals surface area (Å²) in [6.07, 6.45) is 3.67. The fraction of sp³-hybridized carbons (Fsp3) is 0.471. The Balaban J connectivity index is 2.17. The summed E-state index contributed by atoms with van der Waals surface area (Å²) in [6.45, 7) is 4.66. The molecule has 0 aliphatic heterocycles. The lowest BCUT2D eigenvalue weighted by Crippen LogP contribution is -2.16. The van der Waals surface area contributed by atoms with Crippen molar-refractivity contribution in [3.05, 3.63) is 35.0 Å². The van der Waals surface area contributed by atoms with E-state index >= 15 is 0 Å². The van der Waals surface area contributed by atoms with E-state index < -0.39 is 0 Å². The summed E-state index contributed by atoms with van der Waals surface area (Å²) >= 11 is 6.15. The van der Waals surface area contributed by atoms with Gasteiger partial charge in [-0.15, -0.1) is 0 Å². The standard InChI is InChI=1S/C17H22ClN3/c1-17(2)9-5-8-13(17)15-14(16(19)21(3)20-15)11-6-4-7-12(18)10-11/h4,6-7,10,13H,5,8-9,19H2,1-3H3. The third-order valence-electron chi connectivity index (χ3n) is 4.82. The fourth-order valence-electron chi connectivity index (χ4n) is 3.58. The van der Waals surface area contributed by atoms with Crippen LogP contribution in [-0.4, -0.2) is 9.78 Å². The summed E-state index contributed by atoms with van der Waals surface area (Å²) in [5.74, 6) is 1.17. The zero-order valence-electron chi connectivity index (χ0n) is 12.9. The van der Waals surface area contributed by atoms with Crippen LogP contribution in [0.25, 0.3) is 11.1 Å².